The van der Waals surface area contributed by atoms with Crippen LogP contribution >= 0.6 is 22.9 Å². The van der Waals surface area contributed by atoms with E-state index in [1.54, 1.807) is 11.7 Å². The first-order valence-electron chi connectivity index (χ1n) is 4.98. The number of halogens is 1. The summed E-state index contributed by atoms with van der Waals surface area (Å²) in [5, 5.41) is 0.0885. The van der Waals surface area contributed by atoms with Gasteiger partial charge in [-0.1, -0.05) is 6.92 Å². The van der Waals surface area contributed by atoms with Crippen molar-refractivity contribution >= 4 is 28.8 Å². The van der Waals surface area contributed by atoms with Crippen molar-refractivity contribution in [2.75, 3.05) is 13.1 Å². The van der Waals surface area contributed by atoms with Crippen LogP contribution in [0.5, 0.6) is 0 Å². The van der Waals surface area contributed by atoms with Gasteiger partial charge in [0.1, 0.15) is 4.88 Å². The summed E-state index contributed by atoms with van der Waals surface area (Å²) in [7, 11) is 0. The van der Waals surface area contributed by atoms with E-state index in [1.807, 2.05) is 4.90 Å². The third-order valence-corrected chi connectivity index (χ3v) is 3.62. The molecule has 1 saturated heterocycles. The number of hydrogen-bond donors (Lipinski definition) is 0. The first-order chi connectivity index (χ1) is 7.16. The van der Waals surface area contributed by atoms with Crippen LogP contribution in [0.3, 0.4) is 0 Å². The maximum Gasteiger partial charge on any atom is 0.265 e. The second-order valence-electron chi connectivity index (χ2n) is 4.01. The van der Waals surface area contributed by atoms with Gasteiger partial charge in [-0.05, 0) is 12.3 Å². The molecular weight excluding hydrogens is 232 g/mol. The molecule has 2 rings (SSSR count). The van der Waals surface area contributed by atoms with Crippen LogP contribution in [0.2, 0.25) is 0 Å². The molecule has 1 amide bonds. The molecule has 82 valence electrons. The number of carbonyl (C=O) groups excluding carboxylic acids is 1. The fraction of sp³-hybridized carbons (Fsp3) is 0.600. The van der Waals surface area contributed by atoms with Gasteiger partial charge >= 0.3 is 0 Å². The monoisotopic (exact) mass is 244 g/mol. The number of piperidine rings is 1. The molecule has 0 radical (unpaired) electrons. The zero-order valence-corrected chi connectivity index (χ0v) is 10.1. The molecule has 1 aromatic rings. The first kappa shape index (κ1) is 10.9. The number of carbonyl (C=O) groups is 1. The lowest BCUT2D eigenvalue weighted by atomic mass is 10.00. The fourth-order valence-electron chi connectivity index (χ4n) is 1.92. The first-order valence-corrected chi connectivity index (χ1v) is 6.30. The molecule has 1 aliphatic rings. The summed E-state index contributed by atoms with van der Waals surface area (Å²) >= 11 is 7.49. The van der Waals surface area contributed by atoms with E-state index < -0.39 is 0 Å². The third-order valence-electron chi connectivity index (χ3n) is 2.54. The van der Waals surface area contributed by atoms with Gasteiger partial charge in [0.05, 0.1) is 17.1 Å². The smallest absolute Gasteiger partial charge is 0.265 e. The average molecular weight is 245 g/mol. The van der Waals surface area contributed by atoms with E-state index in [0.29, 0.717) is 17.3 Å². The van der Waals surface area contributed by atoms with Crippen molar-refractivity contribution in [1.82, 2.24) is 9.88 Å². The molecule has 2 atom stereocenters. The van der Waals surface area contributed by atoms with Gasteiger partial charge in [-0.15, -0.1) is 22.9 Å². The largest absolute Gasteiger partial charge is 0.336 e. The molecule has 0 bridgehead atoms. The lowest BCUT2D eigenvalue weighted by Crippen LogP contribution is -2.43. The van der Waals surface area contributed by atoms with Crippen molar-refractivity contribution in [2.45, 2.75) is 18.7 Å². The quantitative estimate of drug-likeness (QED) is 0.710. The summed E-state index contributed by atoms with van der Waals surface area (Å²) < 4.78 is 0. The van der Waals surface area contributed by atoms with Crippen molar-refractivity contribution < 1.29 is 4.79 Å². The number of hydrogen-bond acceptors (Lipinski definition) is 3. The number of aromatic nitrogens is 1. The number of thiazole rings is 1. The van der Waals surface area contributed by atoms with Crippen LogP contribution in [-0.2, 0) is 0 Å². The van der Waals surface area contributed by atoms with E-state index in [9.17, 15) is 4.79 Å². The number of alkyl halides is 1. The predicted octanol–water partition coefficient (Wildman–Crippen LogP) is 2.23. The molecule has 0 spiro atoms. The zero-order chi connectivity index (χ0) is 10.8. The summed E-state index contributed by atoms with van der Waals surface area (Å²) in [4.78, 5) is 18.4. The van der Waals surface area contributed by atoms with E-state index in [2.05, 4.69) is 11.9 Å². The van der Waals surface area contributed by atoms with E-state index >= 15 is 0 Å². The Morgan fingerprint density at radius 3 is 3.07 bits per heavy atom. The predicted molar refractivity (Wildman–Crippen MR) is 61.4 cm³/mol. The Labute approximate surface area is 98.1 Å². The summed E-state index contributed by atoms with van der Waals surface area (Å²) in [6.45, 7) is 3.59. The Kier molecular flexibility index (Phi) is 3.26. The Hall–Kier alpha value is -0.610. The van der Waals surface area contributed by atoms with Gasteiger partial charge in [0.15, 0.2) is 0 Å². The van der Waals surface area contributed by atoms with Crippen LogP contribution in [0.15, 0.2) is 11.7 Å². The standard InChI is InChI=1S/C10H13ClN2OS/c1-7-2-8(11)5-13(4-7)10(14)9-3-12-6-15-9/h3,6-8H,2,4-5H2,1H3. The SMILES string of the molecule is CC1CC(Cl)CN(C(=O)c2cncs2)C1. The average Bonchev–Trinajstić information content (AvgIpc) is 2.67. The molecule has 2 unspecified atom stereocenters. The van der Waals surface area contributed by atoms with Gasteiger partial charge in [0.2, 0.25) is 0 Å². The maximum atomic E-state index is 12.0. The van der Waals surface area contributed by atoms with Crippen LogP contribution < -0.4 is 0 Å². The molecule has 0 saturated carbocycles. The van der Waals surface area contributed by atoms with Gasteiger partial charge in [0.25, 0.3) is 5.91 Å². The fourth-order valence-corrected chi connectivity index (χ4v) is 2.98. The Morgan fingerprint density at radius 1 is 1.67 bits per heavy atom. The van der Waals surface area contributed by atoms with Crippen molar-refractivity contribution in [3.05, 3.63) is 16.6 Å². The molecule has 2 heterocycles. The van der Waals surface area contributed by atoms with Crippen LogP contribution in [0.4, 0.5) is 0 Å². The maximum absolute atomic E-state index is 12.0. The number of amides is 1. The Bertz CT molecular complexity index is 331. The van der Waals surface area contributed by atoms with Crippen LogP contribution in [0, 0.1) is 5.92 Å². The number of likely N-dealkylation sites (tertiary alicyclic amines) is 1. The van der Waals surface area contributed by atoms with Gasteiger partial charge in [-0.3, -0.25) is 9.78 Å². The third kappa shape index (κ3) is 2.49. The lowest BCUT2D eigenvalue weighted by molar-refractivity contribution is 0.0691. The van der Waals surface area contributed by atoms with Gasteiger partial charge < -0.3 is 4.90 Å². The second kappa shape index (κ2) is 4.49. The molecular formula is C10H13ClN2OS. The Balaban J connectivity index is 2.07. The highest BCUT2D eigenvalue weighted by Crippen LogP contribution is 2.22. The lowest BCUT2D eigenvalue weighted by Gasteiger charge is -2.33. The van der Waals surface area contributed by atoms with Crippen molar-refractivity contribution in [2.24, 2.45) is 5.92 Å². The van der Waals surface area contributed by atoms with Crippen LogP contribution in [0.1, 0.15) is 23.0 Å². The minimum atomic E-state index is 0.0645. The highest BCUT2D eigenvalue weighted by Gasteiger charge is 2.27. The van der Waals surface area contributed by atoms with E-state index in [4.69, 9.17) is 11.6 Å². The molecule has 1 fully saturated rings. The van der Waals surface area contributed by atoms with Crippen LogP contribution in [-0.4, -0.2) is 34.3 Å². The minimum absolute atomic E-state index is 0.0645. The van der Waals surface area contributed by atoms with Crippen LogP contribution in [0.25, 0.3) is 0 Å². The highest BCUT2D eigenvalue weighted by atomic mass is 35.5. The molecule has 15 heavy (non-hydrogen) atoms. The molecule has 1 aromatic heterocycles. The topological polar surface area (TPSA) is 33.2 Å². The number of nitrogens with zero attached hydrogens (tertiary/aromatic N) is 2. The highest BCUT2D eigenvalue weighted by molar-refractivity contribution is 7.11. The van der Waals surface area contributed by atoms with Crippen molar-refractivity contribution in [3.63, 3.8) is 0 Å². The van der Waals surface area contributed by atoms with E-state index in [-0.39, 0.29) is 11.3 Å². The summed E-state index contributed by atoms with van der Waals surface area (Å²) in [5.74, 6) is 0.549. The van der Waals surface area contributed by atoms with Gasteiger partial charge in [-0.2, -0.15) is 0 Å². The molecule has 0 aromatic carbocycles. The zero-order valence-electron chi connectivity index (χ0n) is 8.52. The normalized spacial score (nSPS) is 26.7. The molecule has 0 aliphatic carbocycles. The summed E-state index contributed by atoms with van der Waals surface area (Å²) in [6.07, 6.45) is 2.61. The van der Waals surface area contributed by atoms with Gasteiger partial charge in [0, 0.05) is 13.1 Å². The molecule has 3 nitrogen and oxygen atoms in total. The minimum Gasteiger partial charge on any atom is -0.336 e. The van der Waals surface area contributed by atoms with Crippen molar-refractivity contribution in [1.29, 1.82) is 0 Å². The van der Waals surface area contributed by atoms with Crippen molar-refractivity contribution in [3.8, 4) is 0 Å². The molecule has 1 aliphatic heterocycles. The number of rotatable bonds is 1. The Morgan fingerprint density at radius 2 is 2.47 bits per heavy atom. The molecule has 5 heteroatoms. The summed E-state index contributed by atoms with van der Waals surface area (Å²) in [5.41, 5.74) is 1.68. The summed E-state index contributed by atoms with van der Waals surface area (Å²) in [6, 6.07) is 0. The van der Waals surface area contributed by atoms with Gasteiger partial charge in [-0.25, -0.2) is 0 Å². The molecule has 0 N–H and O–H groups in total. The second-order valence-corrected chi connectivity index (χ2v) is 5.52. The van der Waals surface area contributed by atoms with E-state index in [0.717, 1.165) is 13.0 Å². The van der Waals surface area contributed by atoms with E-state index in [1.165, 1.54) is 11.3 Å².